The van der Waals surface area contributed by atoms with Gasteiger partial charge in [0.25, 0.3) is 0 Å². The number of likely N-dealkylation sites (N-methyl/N-ethyl adjacent to an activating group) is 1. The van der Waals surface area contributed by atoms with Crippen LogP contribution in [0.5, 0.6) is 0 Å². The van der Waals surface area contributed by atoms with Gasteiger partial charge in [-0.3, -0.25) is 0 Å². The Labute approximate surface area is 95.8 Å². The van der Waals surface area contributed by atoms with Gasteiger partial charge in [0.05, 0.1) is 16.2 Å². The molecule has 0 saturated heterocycles. The smallest absolute Gasteiger partial charge is 0.178 e. The third kappa shape index (κ3) is 1.55. The van der Waals surface area contributed by atoms with Gasteiger partial charge >= 0.3 is 0 Å². The molecule has 1 unspecified atom stereocenters. The van der Waals surface area contributed by atoms with Gasteiger partial charge in [-0.2, -0.15) is 0 Å². The zero-order valence-corrected chi connectivity index (χ0v) is 10.0. The molecule has 1 aliphatic heterocycles. The number of rotatable bonds is 2. The Balaban J connectivity index is 2.68. The van der Waals surface area contributed by atoms with Gasteiger partial charge in [-0.15, -0.1) is 0 Å². The molecule has 0 aromatic heterocycles. The lowest BCUT2D eigenvalue weighted by Crippen LogP contribution is -2.50. The van der Waals surface area contributed by atoms with Crippen molar-refractivity contribution in [1.29, 1.82) is 0 Å². The van der Waals surface area contributed by atoms with Crippen LogP contribution in [0.4, 0.5) is 0 Å². The SMILES string of the molecule is CNC1(CN)CCS(=O)(=O)c2ccccc21. The van der Waals surface area contributed by atoms with Gasteiger partial charge in [-0.25, -0.2) is 8.42 Å². The van der Waals surface area contributed by atoms with E-state index in [-0.39, 0.29) is 5.75 Å². The molecule has 0 spiro atoms. The predicted octanol–water partition coefficient (Wildman–Crippen LogP) is 0.237. The summed E-state index contributed by atoms with van der Waals surface area (Å²) in [6.45, 7) is 0.399. The first-order valence-electron chi connectivity index (χ1n) is 5.27. The molecule has 0 bridgehead atoms. The van der Waals surface area contributed by atoms with E-state index in [1.165, 1.54) is 0 Å². The highest BCUT2D eigenvalue weighted by molar-refractivity contribution is 7.91. The van der Waals surface area contributed by atoms with Gasteiger partial charge in [0.2, 0.25) is 0 Å². The van der Waals surface area contributed by atoms with Crippen LogP contribution in [0.2, 0.25) is 0 Å². The van der Waals surface area contributed by atoms with Gasteiger partial charge in [-0.05, 0) is 25.1 Å². The van der Waals surface area contributed by atoms with E-state index in [0.717, 1.165) is 5.56 Å². The summed E-state index contributed by atoms with van der Waals surface area (Å²) in [6, 6.07) is 7.10. The summed E-state index contributed by atoms with van der Waals surface area (Å²) in [6.07, 6.45) is 0.527. The monoisotopic (exact) mass is 240 g/mol. The minimum atomic E-state index is -3.13. The van der Waals surface area contributed by atoms with Crippen LogP contribution in [0.3, 0.4) is 0 Å². The summed E-state index contributed by atoms with van der Waals surface area (Å²) in [4.78, 5) is 0.418. The van der Waals surface area contributed by atoms with Crippen LogP contribution in [0.1, 0.15) is 12.0 Å². The van der Waals surface area contributed by atoms with Crippen LogP contribution >= 0.6 is 0 Å². The van der Waals surface area contributed by atoms with Crippen molar-refractivity contribution in [2.24, 2.45) is 5.73 Å². The number of nitrogens with two attached hydrogens (primary N) is 1. The first kappa shape index (κ1) is 11.6. The summed E-state index contributed by atoms with van der Waals surface area (Å²) in [5.41, 5.74) is 6.19. The molecule has 1 aromatic carbocycles. The highest BCUT2D eigenvalue weighted by Crippen LogP contribution is 2.35. The van der Waals surface area contributed by atoms with Gasteiger partial charge in [-0.1, -0.05) is 18.2 Å². The van der Waals surface area contributed by atoms with Crippen LogP contribution in [0.15, 0.2) is 29.2 Å². The maximum Gasteiger partial charge on any atom is 0.178 e. The first-order valence-corrected chi connectivity index (χ1v) is 6.92. The molecule has 2 rings (SSSR count). The Bertz CT molecular complexity index is 492. The summed E-state index contributed by atoms with van der Waals surface area (Å²) < 4.78 is 23.8. The highest BCUT2D eigenvalue weighted by atomic mass is 32.2. The van der Waals surface area contributed by atoms with E-state index in [0.29, 0.717) is 17.9 Å². The van der Waals surface area contributed by atoms with E-state index in [4.69, 9.17) is 5.73 Å². The minimum Gasteiger partial charge on any atom is -0.328 e. The summed E-state index contributed by atoms with van der Waals surface area (Å²) in [5, 5.41) is 3.17. The Morgan fingerprint density at radius 1 is 1.44 bits per heavy atom. The molecule has 0 fully saturated rings. The number of benzene rings is 1. The zero-order valence-electron chi connectivity index (χ0n) is 9.23. The lowest BCUT2D eigenvalue weighted by Gasteiger charge is -2.37. The Morgan fingerprint density at radius 3 is 2.75 bits per heavy atom. The number of sulfone groups is 1. The number of fused-ring (bicyclic) bond motifs is 1. The summed E-state index contributed by atoms with van der Waals surface area (Å²) in [7, 11) is -1.31. The number of hydrogen-bond acceptors (Lipinski definition) is 4. The summed E-state index contributed by atoms with van der Waals surface area (Å²) >= 11 is 0. The second-order valence-electron chi connectivity index (χ2n) is 4.10. The maximum absolute atomic E-state index is 11.9. The second kappa shape index (κ2) is 3.84. The fourth-order valence-electron chi connectivity index (χ4n) is 2.26. The van der Waals surface area contributed by atoms with Crippen molar-refractivity contribution in [2.45, 2.75) is 16.9 Å². The Morgan fingerprint density at radius 2 is 2.12 bits per heavy atom. The normalized spacial score (nSPS) is 27.4. The van der Waals surface area contributed by atoms with Crippen molar-refractivity contribution in [3.05, 3.63) is 29.8 Å². The molecule has 3 N–H and O–H groups in total. The lowest BCUT2D eigenvalue weighted by atomic mass is 9.87. The average molecular weight is 240 g/mol. The minimum absolute atomic E-state index is 0.155. The predicted molar refractivity (Wildman–Crippen MR) is 62.9 cm³/mol. The van der Waals surface area contributed by atoms with Crippen LogP contribution < -0.4 is 11.1 Å². The zero-order chi connectivity index (χ0) is 11.8. The van der Waals surface area contributed by atoms with E-state index < -0.39 is 15.4 Å². The number of nitrogens with one attached hydrogen (secondary N) is 1. The Hall–Kier alpha value is -0.910. The lowest BCUT2D eigenvalue weighted by molar-refractivity contribution is 0.344. The molecule has 4 nitrogen and oxygen atoms in total. The van der Waals surface area contributed by atoms with E-state index in [2.05, 4.69) is 5.32 Å². The molecule has 1 aromatic rings. The molecule has 1 heterocycles. The fraction of sp³-hybridized carbons (Fsp3) is 0.455. The van der Waals surface area contributed by atoms with Gasteiger partial charge in [0, 0.05) is 6.54 Å². The highest BCUT2D eigenvalue weighted by Gasteiger charge is 2.39. The quantitative estimate of drug-likeness (QED) is 0.776. The second-order valence-corrected chi connectivity index (χ2v) is 6.18. The van der Waals surface area contributed by atoms with E-state index in [9.17, 15) is 8.42 Å². The molecular formula is C11H16N2O2S. The molecule has 1 aliphatic rings. The fourth-order valence-corrected chi connectivity index (χ4v) is 3.98. The molecular weight excluding hydrogens is 224 g/mol. The summed E-state index contributed by atoms with van der Waals surface area (Å²) in [5.74, 6) is 0.155. The van der Waals surface area contributed by atoms with Crippen molar-refractivity contribution in [2.75, 3.05) is 19.3 Å². The van der Waals surface area contributed by atoms with Crippen molar-refractivity contribution >= 4 is 9.84 Å². The van der Waals surface area contributed by atoms with Crippen molar-refractivity contribution in [1.82, 2.24) is 5.32 Å². The molecule has 5 heteroatoms. The molecule has 0 aliphatic carbocycles. The van der Waals surface area contributed by atoms with Gasteiger partial charge in [0.15, 0.2) is 9.84 Å². The molecule has 0 saturated carbocycles. The largest absolute Gasteiger partial charge is 0.328 e. The van der Waals surface area contributed by atoms with E-state index in [1.807, 2.05) is 19.2 Å². The van der Waals surface area contributed by atoms with Crippen LogP contribution in [-0.2, 0) is 15.4 Å². The van der Waals surface area contributed by atoms with Crippen molar-refractivity contribution in [3.63, 3.8) is 0 Å². The Kier molecular flexibility index (Phi) is 2.77. The third-order valence-electron chi connectivity index (χ3n) is 3.36. The third-order valence-corrected chi connectivity index (χ3v) is 5.13. The van der Waals surface area contributed by atoms with Crippen LogP contribution in [0.25, 0.3) is 0 Å². The van der Waals surface area contributed by atoms with Gasteiger partial charge < -0.3 is 11.1 Å². The number of hydrogen-bond donors (Lipinski definition) is 2. The van der Waals surface area contributed by atoms with Crippen molar-refractivity contribution < 1.29 is 8.42 Å². The van der Waals surface area contributed by atoms with E-state index in [1.54, 1.807) is 12.1 Å². The average Bonchev–Trinajstić information content (AvgIpc) is 2.31. The first-order chi connectivity index (χ1) is 7.56. The van der Waals surface area contributed by atoms with Crippen LogP contribution in [0, 0.1) is 0 Å². The molecule has 0 amide bonds. The van der Waals surface area contributed by atoms with Crippen LogP contribution in [-0.4, -0.2) is 27.8 Å². The standard InChI is InChI=1S/C11H16N2O2S/c1-13-11(8-12)6-7-16(14,15)10-5-3-2-4-9(10)11/h2-5,13H,6-8,12H2,1H3. The molecule has 1 atom stereocenters. The van der Waals surface area contributed by atoms with E-state index >= 15 is 0 Å². The maximum atomic E-state index is 11.9. The van der Waals surface area contributed by atoms with Gasteiger partial charge in [0.1, 0.15) is 0 Å². The topological polar surface area (TPSA) is 72.2 Å². The molecule has 88 valence electrons. The molecule has 0 radical (unpaired) electrons. The van der Waals surface area contributed by atoms with Crippen molar-refractivity contribution in [3.8, 4) is 0 Å². The molecule has 16 heavy (non-hydrogen) atoms.